The van der Waals surface area contributed by atoms with E-state index in [2.05, 4.69) is 200 Å². The van der Waals surface area contributed by atoms with E-state index in [1.54, 1.807) is 0 Å². The lowest BCUT2D eigenvalue weighted by molar-refractivity contribution is 1.18. The highest BCUT2D eigenvalue weighted by atomic mass is 14.9. The van der Waals surface area contributed by atoms with Gasteiger partial charge < -0.3 is 0 Å². The van der Waals surface area contributed by atoms with Crippen LogP contribution >= 0.6 is 0 Å². The van der Waals surface area contributed by atoms with Crippen LogP contribution in [-0.2, 0) is 0 Å². The van der Waals surface area contributed by atoms with E-state index in [0.717, 1.165) is 100 Å². The molecule has 0 bridgehead atoms. The minimum Gasteiger partial charge on any atom is -0.245 e. The first-order valence-electron chi connectivity index (χ1n) is 20.9. The van der Waals surface area contributed by atoms with E-state index in [1.165, 1.54) is 5.56 Å². The summed E-state index contributed by atoms with van der Waals surface area (Å²) in [6.45, 7) is 0. The maximum Gasteiger partial charge on any atom is 0.160 e. The molecule has 11 rings (SSSR count). The first-order chi connectivity index (χ1) is 30.7. The Morgan fingerprint density at radius 2 is 0.661 bits per heavy atom. The third-order valence-corrected chi connectivity index (χ3v) is 11.5. The Labute approximate surface area is 360 Å². The summed E-state index contributed by atoms with van der Waals surface area (Å²) in [5.74, 6) is 0.685. The Hall–Kier alpha value is -8.34. The van der Waals surface area contributed by atoms with Crippen LogP contribution in [0.3, 0.4) is 0 Å². The van der Waals surface area contributed by atoms with Crippen molar-refractivity contribution < 1.29 is 0 Å². The summed E-state index contributed by atoms with van der Waals surface area (Å²) < 4.78 is 0. The van der Waals surface area contributed by atoms with Gasteiger partial charge in [-0.15, -0.1) is 0 Å². The lowest BCUT2D eigenvalue weighted by Gasteiger charge is -2.13. The number of fused-ring (bicyclic) bond motifs is 3. The van der Waals surface area contributed by atoms with E-state index in [1.807, 2.05) is 30.3 Å². The molecule has 0 amide bonds. The van der Waals surface area contributed by atoms with Gasteiger partial charge in [-0.1, -0.05) is 200 Å². The van der Waals surface area contributed by atoms with E-state index in [4.69, 9.17) is 19.9 Å². The molecule has 0 aliphatic rings. The monoisotopic (exact) mass is 790 g/mol. The fourth-order valence-electron chi connectivity index (χ4n) is 8.29. The summed E-state index contributed by atoms with van der Waals surface area (Å²) in [7, 11) is 0. The number of benzene rings is 8. The minimum atomic E-state index is 0.685. The van der Waals surface area contributed by atoms with Crippen molar-refractivity contribution in [1.82, 2.24) is 19.9 Å². The molecule has 0 saturated heterocycles. The van der Waals surface area contributed by atoms with Gasteiger partial charge in [-0.2, -0.15) is 0 Å². The van der Waals surface area contributed by atoms with Gasteiger partial charge in [0.25, 0.3) is 0 Å². The summed E-state index contributed by atoms with van der Waals surface area (Å²) in [5.41, 5.74) is 17.2. The van der Waals surface area contributed by atoms with Gasteiger partial charge in [-0.25, -0.2) is 19.9 Å². The summed E-state index contributed by atoms with van der Waals surface area (Å²) >= 11 is 0. The van der Waals surface area contributed by atoms with Crippen molar-refractivity contribution in [3.63, 3.8) is 0 Å². The molecule has 0 radical (unpaired) electrons. The van der Waals surface area contributed by atoms with Crippen molar-refractivity contribution in [1.29, 1.82) is 0 Å². The third-order valence-electron chi connectivity index (χ3n) is 11.5. The van der Waals surface area contributed by atoms with Crippen LogP contribution in [0.1, 0.15) is 0 Å². The lowest BCUT2D eigenvalue weighted by Crippen LogP contribution is -1.96. The van der Waals surface area contributed by atoms with Gasteiger partial charge in [-0.05, 0) is 63.7 Å². The molecule has 0 saturated carbocycles. The molecule has 8 aromatic carbocycles. The Kier molecular flexibility index (Phi) is 9.49. The van der Waals surface area contributed by atoms with E-state index in [-0.39, 0.29) is 0 Å². The van der Waals surface area contributed by atoms with Crippen LogP contribution in [0.2, 0.25) is 0 Å². The highest BCUT2D eigenvalue weighted by Gasteiger charge is 2.16. The van der Waals surface area contributed by atoms with Crippen LogP contribution in [0, 0.1) is 0 Å². The Morgan fingerprint density at radius 3 is 1.27 bits per heavy atom. The smallest absolute Gasteiger partial charge is 0.160 e. The predicted molar refractivity (Wildman–Crippen MR) is 256 cm³/mol. The standard InChI is InChI=1S/C58H38N4/c1-5-15-39(16-6-1)40-27-29-45(30-28-40)58-61-54(43-21-11-4-12-22-43)38-55(62-58)49-26-14-24-47(36-49)46-23-13-25-48(35-46)52-34-32-44-31-33-50-51(41-17-7-2-8-18-41)37-53(42-19-9-3-10-20-42)60-57(50)56(44)59-52/h1-38H. The number of hydrogen-bond acceptors (Lipinski definition) is 4. The van der Waals surface area contributed by atoms with Crippen molar-refractivity contribution in [2.75, 3.05) is 0 Å². The molecule has 3 heterocycles. The predicted octanol–water partition coefficient (Wildman–Crippen LogP) is 14.9. The fraction of sp³-hybridized carbons (Fsp3) is 0. The molecule has 3 aromatic heterocycles. The number of aromatic nitrogens is 4. The average Bonchev–Trinajstić information content (AvgIpc) is 3.37. The largest absolute Gasteiger partial charge is 0.245 e. The molecule has 0 N–H and O–H groups in total. The molecule has 0 fully saturated rings. The van der Waals surface area contributed by atoms with Crippen LogP contribution in [0.5, 0.6) is 0 Å². The lowest BCUT2D eigenvalue weighted by atomic mass is 9.96. The van der Waals surface area contributed by atoms with Crippen LogP contribution in [0.4, 0.5) is 0 Å². The summed E-state index contributed by atoms with van der Waals surface area (Å²) in [4.78, 5) is 20.9. The van der Waals surface area contributed by atoms with E-state index >= 15 is 0 Å². The van der Waals surface area contributed by atoms with Crippen LogP contribution in [0.25, 0.3) is 112 Å². The highest BCUT2D eigenvalue weighted by molar-refractivity contribution is 6.09. The van der Waals surface area contributed by atoms with E-state index in [9.17, 15) is 0 Å². The molecule has 62 heavy (non-hydrogen) atoms. The molecule has 0 atom stereocenters. The quantitative estimate of drug-likeness (QED) is 0.144. The van der Waals surface area contributed by atoms with Crippen molar-refractivity contribution >= 4 is 21.8 Å². The topological polar surface area (TPSA) is 51.6 Å². The molecule has 0 spiro atoms. The van der Waals surface area contributed by atoms with Crippen molar-refractivity contribution in [3.05, 3.63) is 231 Å². The van der Waals surface area contributed by atoms with E-state index < -0.39 is 0 Å². The molecule has 0 unspecified atom stereocenters. The van der Waals surface area contributed by atoms with Crippen LogP contribution < -0.4 is 0 Å². The normalized spacial score (nSPS) is 11.2. The fourth-order valence-corrected chi connectivity index (χ4v) is 8.29. The van der Waals surface area contributed by atoms with Gasteiger partial charge in [0.1, 0.15) is 0 Å². The Bertz CT molecular complexity index is 3370. The number of nitrogens with zero attached hydrogens (tertiary/aromatic N) is 4. The molecule has 11 aromatic rings. The first-order valence-corrected chi connectivity index (χ1v) is 20.9. The SMILES string of the molecule is c1ccc(-c2ccc(-c3nc(-c4ccccc4)cc(-c4cccc(-c5cccc(-c6ccc7ccc8c(-c9ccccc9)cc(-c9ccccc9)nc8c7n6)c5)c4)n3)cc2)cc1. The second-order valence-corrected chi connectivity index (χ2v) is 15.5. The minimum absolute atomic E-state index is 0.685. The van der Waals surface area contributed by atoms with Gasteiger partial charge in [0.05, 0.1) is 33.8 Å². The summed E-state index contributed by atoms with van der Waals surface area (Å²) in [6, 6.07) is 80.4. The first kappa shape index (κ1) is 36.7. The molecule has 4 heteroatoms. The van der Waals surface area contributed by atoms with Crippen molar-refractivity contribution in [2.45, 2.75) is 0 Å². The molecular weight excluding hydrogens is 753 g/mol. The zero-order valence-corrected chi connectivity index (χ0v) is 33.7. The molecule has 4 nitrogen and oxygen atoms in total. The summed E-state index contributed by atoms with van der Waals surface area (Å²) in [6.07, 6.45) is 0. The number of pyridine rings is 2. The van der Waals surface area contributed by atoms with Gasteiger partial charge in [0.2, 0.25) is 0 Å². The molecule has 0 aliphatic carbocycles. The number of rotatable bonds is 8. The third kappa shape index (κ3) is 7.20. The Morgan fingerprint density at radius 1 is 0.226 bits per heavy atom. The maximum absolute atomic E-state index is 5.36. The van der Waals surface area contributed by atoms with Gasteiger partial charge >= 0.3 is 0 Å². The second kappa shape index (κ2) is 16.0. The van der Waals surface area contributed by atoms with Gasteiger partial charge in [0, 0.05) is 38.6 Å². The molecule has 290 valence electrons. The Balaban J connectivity index is 0.981. The van der Waals surface area contributed by atoms with Crippen molar-refractivity contribution in [3.8, 4) is 89.8 Å². The van der Waals surface area contributed by atoms with Gasteiger partial charge in [0.15, 0.2) is 5.82 Å². The zero-order chi connectivity index (χ0) is 41.2. The van der Waals surface area contributed by atoms with Crippen LogP contribution in [0.15, 0.2) is 231 Å². The van der Waals surface area contributed by atoms with Gasteiger partial charge in [-0.3, -0.25) is 0 Å². The highest BCUT2D eigenvalue weighted by Crippen LogP contribution is 2.37. The van der Waals surface area contributed by atoms with Crippen molar-refractivity contribution in [2.24, 2.45) is 0 Å². The number of hydrogen-bond donors (Lipinski definition) is 0. The van der Waals surface area contributed by atoms with E-state index in [0.29, 0.717) is 5.82 Å². The average molecular weight is 791 g/mol. The molecule has 0 aliphatic heterocycles. The summed E-state index contributed by atoms with van der Waals surface area (Å²) in [5, 5.41) is 2.12. The maximum atomic E-state index is 5.36. The molecular formula is C58H38N4. The zero-order valence-electron chi connectivity index (χ0n) is 33.7. The van der Waals surface area contributed by atoms with Crippen LogP contribution in [-0.4, -0.2) is 19.9 Å². The second-order valence-electron chi connectivity index (χ2n) is 15.5.